The van der Waals surface area contributed by atoms with E-state index in [0.717, 1.165) is 38.5 Å². The molecule has 2 N–H and O–H groups in total. The summed E-state index contributed by atoms with van der Waals surface area (Å²) in [6, 6.07) is 0. The van der Waals surface area contributed by atoms with Crippen LogP contribution in [0.2, 0.25) is 0 Å². The summed E-state index contributed by atoms with van der Waals surface area (Å²) < 4.78 is 0. The van der Waals surface area contributed by atoms with Crippen LogP contribution in [0.3, 0.4) is 0 Å². The first kappa shape index (κ1) is 20.2. The van der Waals surface area contributed by atoms with Crippen LogP contribution in [0.25, 0.3) is 0 Å². The molecule has 124 valence electrons. The molecule has 0 aliphatic heterocycles. The molecule has 21 heavy (non-hydrogen) atoms. The van der Waals surface area contributed by atoms with Crippen LogP contribution in [-0.2, 0) is 4.79 Å². The lowest BCUT2D eigenvalue weighted by Crippen LogP contribution is -2.01. The van der Waals surface area contributed by atoms with Gasteiger partial charge in [0.05, 0.1) is 6.10 Å². The standard InChI is InChI=1S/C18H34O3/c1-2-3-4-11-14-17(19)15-12-9-7-5-6-8-10-13-16-18(20)21/h11,14,17,19H,2-10,12-13,15-16H2,1H3,(H,20,21)/b14-11+/t17-/m1/s1. The molecular weight excluding hydrogens is 264 g/mol. The normalized spacial score (nSPS) is 12.9. The number of allylic oxidation sites excluding steroid dienone is 1. The molecular formula is C18H34O3. The Morgan fingerprint density at radius 1 is 0.952 bits per heavy atom. The molecule has 0 radical (unpaired) electrons. The third-order valence-corrected chi connectivity index (χ3v) is 3.72. The molecule has 0 saturated carbocycles. The molecule has 0 aromatic rings. The lowest BCUT2D eigenvalue weighted by Gasteiger charge is -2.05. The second-order valence-corrected chi connectivity index (χ2v) is 5.90. The summed E-state index contributed by atoms with van der Waals surface area (Å²) in [5, 5.41) is 18.3. The van der Waals surface area contributed by atoms with Gasteiger partial charge in [-0.25, -0.2) is 0 Å². The molecule has 0 aliphatic carbocycles. The molecule has 0 bridgehead atoms. The number of aliphatic carboxylic acids is 1. The van der Waals surface area contributed by atoms with Crippen LogP contribution in [0.5, 0.6) is 0 Å². The Balaban J connectivity index is 3.21. The van der Waals surface area contributed by atoms with Gasteiger partial charge in [-0.1, -0.05) is 76.9 Å². The number of carboxylic acid groups (broad SMARTS) is 1. The van der Waals surface area contributed by atoms with E-state index in [2.05, 4.69) is 13.0 Å². The lowest BCUT2D eigenvalue weighted by molar-refractivity contribution is -0.137. The van der Waals surface area contributed by atoms with Crippen LogP contribution < -0.4 is 0 Å². The lowest BCUT2D eigenvalue weighted by atomic mass is 10.0. The highest BCUT2D eigenvalue weighted by atomic mass is 16.4. The summed E-state index contributed by atoms with van der Waals surface area (Å²) in [5.74, 6) is -0.683. The summed E-state index contributed by atoms with van der Waals surface area (Å²) in [5.41, 5.74) is 0. The van der Waals surface area contributed by atoms with E-state index in [9.17, 15) is 9.90 Å². The van der Waals surface area contributed by atoms with Gasteiger partial charge in [-0.15, -0.1) is 0 Å². The summed E-state index contributed by atoms with van der Waals surface area (Å²) in [6.45, 7) is 2.18. The minimum atomic E-state index is -0.683. The van der Waals surface area contributed by atoms with Crippen LogP contribution in [0.15, 0.2) is 12.2 Å². The fourth-order valence-electron chi connectivity index (χ4n) is 2.36. The molecule has 3 heteroatoms. The average Bonchev–Trinajstić information content (AvgIpc) is 2.45. The van der Waals surface area contributed by atoms with E-state index in [1.54, 1.807) is 0 Å². The Bertz CT molecular complexity index is 261. The first-order valence-electron chi connectivity index (χ1n) is 8.73. The van der Waals surface area contributed by atoms with Crippen molar-refractivity contribution >= 4 is 5.97 Å². The maximum atomic E-state index is 10.3. The van der Waals surface area contributed by atoms with Gasteiger partial charge in [0.15, 0.2) is 0 Å². The molecule has 0 amide bonds. The number of aliphatic hydroxyl groups is 1. The molecule has 0 aromatic carbocycles. The first-order chi connectivity index (χ1) is 10.2. The quantitative estimate of drug-likeness (QED) is 0.327. The smallest absolute Gasteiger partial charge is 0.303 e. The zero-order chi connectivity index (χ0) is 15.8. The predicted molar refractivity (Wildman–Crippen MR) is 88.5 cm³/mol. The average molecular weight is 298 g/mol. The molecule has 0 unspecified atom stereocenters. The van der Waals surface area contributed by atoms with Crippen molar-refractivity contribution in [1.29, 1.82) is 0 Å². The Hall–Kier alpha value is -0.830. The first-order valence-corrected chi connectivity index (χ1v) is 8.73. The molecule has 0 rings (SSSR count). The molecule has 0 aromatic heterocycles. The number of aliphatic hydroxyl groups excluding tert-OH is 1. The summed E-state index contributed by atoms with van der Waals surface area (Å²) in [4.78, 5) is 10.3. The molecule has 0 saturated heterocycles. The minimum Gasteiger partial charge on any atom is -0.481 e. The predicted octanol–water partition coefficient (Wildman–Crippen LogP) is 5.08. The molecule has 1 atom stereocenters. The molecule has 0 heterocycles. The minimum absolute atomic E-state index is 0.266. The Labute approximate surface area is 130 Å². The van der Waals surface area contributed by atoms with Crippen LogP contribution >= 0.6 is 0 Å². The van der Waals surface area contributed by atoms with E-state index in [4.69, 9.17) is 5.11 Å². The third-order valence-electron chi connectivity index (χ3n) is 3.72. The van der Waals surface area contributed by atoms with Gasteiger partial charge in [0.2, 0.25) is 0 Å². The number of carboxylic acids is 1. The van der Waals surface area contributed by atoms with Gasteiger partial charge >= 0.3 is 5.97 Å². The van der Waals surface area contributed by atoms with Crippen molar-refractivity contribution in [2.75, 3.05) is 0 Å². The van der Waals surface area contributed by atoms with Gasteiger partial charge in [-0.05, 0) is 19.3 Å². The van der Waals surface area contributed by atoms with E-state index in [1.165, 1.54) is 38.5 Å². The van der Waals surface area contributed by atoms with Crippen LogP contribution in [0, 0.1) is 0 Å². The van der Waals surface area contributed by atoms with Crippen molar-refractivity contribution < 1.29 is 15.0 Å². The monoisotopic (exact) mass is 298 g/mol. The highest BCUT2D eigenvalue weighted by Gasteiger charge is 1.99. The molecule has 0 spiro atoms. The van der Waals surface area contributed by atoms with Gasteiger partial charge in [0.25, 0.3) is 0 Å². The van der Waals surface area contributed by atoms with Crippen LogP contribution in [0.1, 0.15) is 90.4 Å². The maximum absolute atomic E-state index is 10.3. The second kappa shape index (κ2) is 15.6. The highest BCUT2D eigenvalue weighted by molar-refractivity contribution is 5.66. The number of hydrogen-bond acceptors (Lipinski definition) is 2. The zero-order valence-electron chi connectivity index (χ0n) is 13.7. The number of carbonyl (C=O) groups is 1. The fourth-order valence-corrected chi connectivity index (χ4v) is 2.36. The van der Waals surface area contributed by atoms with Crippen molar-refractivity contribution in [3.05, 3.63) is 12.2 Å². The summed E-state index contributed by atoms with van der Waals surface area (Å²) in [7, 11) is 0. The highest BCUT2D eigenvalue weighted by Crippen LogP contribution is 2.12. The molecule has 0 fully saturated rings. The Morgan fingerprint density at radius 2 is 1.52 bits per heavy atom. The topological polar surface area (TPSA) is 57.5 Å². The second-order valence-electron chi connectivity index (χ2n) is 5.90. The van der Waals surface area contributed by atoms with Crippen LogP contribution in [0.4, 0.5) is 0 Å². The fraction of sp³-hybridized carbons (Fsp3) is 0.833. The van der Waals surface area contributed by atoms with Gasteiger partial charge in [0, 0.05) is 6.42 Å². The third kappa shape index (κ3) is 17.1. The molecule has 0 aliphatic rings. The number of rotatable bonds is 15. The largest absolute Gasteiger partial charge is 0.481 e. The van der Waals surface area contributed by atoms with E-state index in [-0.39, 0.29) is 6.10 Å². The van der Waals surface area contributed by atoms with Gasteiger partial charge in [-0.2, -0.15) is 0 Å². The Morgan fingerprint density at radius 3 is 2.10 bits per heavy atom. The van der Waals surface area contributed by atoms with Crippen molar-refractivity contribution in [3.8, 4) is 0 Å². The van der Waals surface area contributed by atoms with Crippen molar-refractivity contribution in [2.24, 2.45) is 0 Å². The zero-order valence-corrected chi connectivity index (χ0v) is 13.7. The van der Waals surface area contributed by atoms with Crippen LogP contribution in [-0.4, -0.2) is 22.3 Å². The number of hydrogen-bond donors (Lipinski definition) is 2. The van der Waals surface area contributed by atoms with Gasteiger partial charge in [0.1, 0.15) is 0 Å². The van der Waals surface area contributed by atoms with Gasteiger partial charge < -0.3 is 10.2 Å². The summed E-state index contributed by atoms with van der Waals surface area (Å²) in [6.07, 6.45) is 17.4. The van der Waals surface area contributed by atoms with E-state index in [1.807, 2.05) is 6.08 Å². The maximum Gasteiger partial charge on any atom is 0.303 e. The van der Waals surface area contributed by atoms with E-state index < -0.39 is 5.97 Å². The number of unbranched alkanes of at least 4 members (excludes halogenated alkanes) is 9. The van der Waals surface area contributed by atoms with Crippen molar-refractivity contribution in [1.82, 2.24) is 0 Å². The van der Waals surface area contributed by atoms with Gasteiger partial charge in [-0.3, -0.25) is 4.79 Å². The molecule has 3 nitrogen and oxygen atoms in total. The van der Waals surface area contributed by atoms with E-state index >= 15 is 0 Å². The van der Waals surface area contributed by atoms with E-state index in [0.29, 0.717) is 6.42 Å². The Kier molecular flexibility index (Phi) is 14.9. The SMILES string of the molecule is CCCC/C=C/[C@@H](O)CCCCCCCCCCC(=O)O. The summed E-state index contributed by atoms with van der Waals surface area (Å²) >= 11 is 0. The van der Waals surface area contributed by atoms with Crippen molar-refractivity contribution in [3.63, 3.8) is 0 Å². The van der Waals surface area contributed by atoms with Crippen molar-refractivity contribution in [2.45, 2.75) is 96.5 Å².